The van der Waals surface area contributed by atoms with E-state index in [4.69, 9.17) is 0 Å². The zero-order valence-electron chi connectivity index (χ0n) is 15.4. The van der Waals surface area contributed by atoms with Crippen LogP contribution in [0.15, 0.2) is 12.1 Å². The molecule has 2 aromatic heterocycles. The Morgan fingerprint density at radius 3 is 2.48 bits per heavy atom. The predicted octanol–water partition coefficient (Wildman–Crippen LogP) is 3.41. The minimum absolute atomic E-state index is 0.208. The second kappa shape index (κ2) is 6.07. The molecule has 130 valence electrons. The van der Waals surface area contributed by atoms with Crippen molar-refractivity contribution in [2.24, 2.45) is 0 Å². The average molecular weight is 337 g/mol. The summed E-state index contributed by atoms with van der Waals surface area (Å²) in [4.78, 5) is 21.5. The summed E-state index contributed by atoms with van der Waals surface area (Å²) in [5, 5.41) is 14.1. The second-order valence-electron chi connectivity index (χ2n) is 7.72. The highest BCUT2D eigenvalue weighted by molar-refractivity contribution is 6.01. The first kappa shape index (κ1) is 17.3. The first-order chi connectivity index (χ1) is 11.7. The van der Waals surface area contributed by atoms with Crippen LogP contribution in [0, 0.1) is 25.2 Å². The van der Waals surface area contributed by atoms with Crippen molar-refractivity contribution in [2.75, 3.05) is 0 Å². The number of hydrogen-bond acceptors (Lipinski definition) is 5. The Hall–Kier alpha value is -2.55. The maximum absolute atomic E-state index is 13.0. The molecule has 2 heterocycles. The van der Waals surface area contributed by atoms with Gasteiger partial charge < -0.3 is 0 Å². The smallest absolute Gasteiger partial charge is 0.206 e. The van der Waals surface area contributed by atoms with E-state index in [0.717, 1.165) is 24.2 Å². The molecule has 25 heavy (non-hydrogen) atoms. The highest BCUT2D eigenvalue weighted by Gasteiger charge is 2.34. The quantitative estimate of drug-likeness (QED) is 0.798. The molecule has 0 saturated heterocycles. The molecule has 0 aliphatic heterocycles. The first-order valence-electron chi connectivity index (χ1n) is 8.57. The van der Waals surface area contributed by atoms with Gasteiger partial charge in [-0.25, -0.2) is 9.97 Å². The van der Waals surface area contributed by atoms with Crippen LogP contribution in [0.2, 0.25) is 0 Å². The number of aromatic nitrogens is 4. The van der Waals surface area contributed by atoms with Gasteiger partial charge in [0.25, 0.3) is 0 Å². The lowest BCUT2D eigenvalue weighted by Crippen LogP contribution is -2.25. The van der Waals surface area contributed by atoms with E-state index in [0.29, 0.717) is 23.1 Å². The summed E-state index contributed by atoms with van der Waals surface area (Å²) < 4.78 is 1.93. The molecule has 1 unspecified atom stereocenters. The number of Topliss-reactive ketones (excluding diaryl/α,β-unsaturated/α-hetero) is 1. The van der Waals surface area contributed by atoms with Gasteiger partial charge in [-0.15, -0.1) is 0 Å². The number of nitriles is 1. The van der Waals surface area contributed by atoms with E-state index >= 15 is 0 Å². The second-order valence-corrected chi connectivity index (χ2v) is 7.72. The van der Waals surface area contributed by atoms with Gasteiger partial charge in [0.1, 0.15) is 11.5 Å². The summed E-state index contributed by atoms with van der Waals surface area (Å²) in [5.74, 6) is -0.236. The van der Waals surface area contributed by atoms with Crippen LogP contribution in [0.4, 0.5) is 0 Å². The maximum atomic E-state index is 13.0. The number of nitrogens with zero attached hydrogens (tertiary/aromatic N) is 5. The van der Waals surface area contributed by atoms with Crippen molar-refractivity contribution in [3.8, 4) is 6.07 Å². The van der Waals surface area contributed by atoms with Crippen LogP contribution in [0.1, 0.15) is 78.8 Å². The molecule has 2 aromatic rings. The van der Waals surface area contributed by atoms with Crippen molar-refractivity contribution in [2.45, 2.75) is 64.8 Å². The summed E-state index contributed by atoms with van der Waals surface area (Å²) in [6.07, 6.45) is 2.25. The van der Waals surface area contributed by atoms with E-state index in [-0.39, 0.29) is 11.3 Å². The third-order valence-electron chi connectivity index (χ3n) is 4.29. The molecule has 0 N–H and O–H groups in total. The summed E-state index contributed by atoms with van der Waals surface area (Å²) in [7, 11) is 0. The number of aryl methyl sites for hydroxylation is 2. The summed E-state index contributed by atoms with van der Waals surface area (Å²) in [6.45, 7) is 9.79. The zero-order chi connectivity index (χ0) is 18.4. The zero-order valence-corrected chi connectivity index (χ0v) is 15.4. The molecule has 6 heteroatoms. The molecule has 0 amide bonds. The van der Waals surface area contributed by atoms with Crippen LogP contribution >= 0.6 is 0 Å². The monoisotopic (exact) mass is 337 g/mol. The molecular formula is C19H23N5O. The van der Waals surface area contributed by atoms with Crippen molar-refractivity contribution >= 4 is 5.78 Å². The maximum Gasteiger partial charge on any atom is 0.206 e. The molecule has 0 aromatic carbocycles. The third kappa shape index (κ3) is 3.46. The van der Waals surface area contributed by atoms with Crippen LogP contribution in [-0.4, -0.2) is 25.5 Å². The minimum atomic E-state index is -0.962. The minimum Gasteiger partial charge on any atom is -0.290 e. The Bertz CT molecular complexity index is 845. The van der Waals surface area contributed by atoms with E-state index in [1.54, 1.807) is 13.0 Å². The van der Waals surface area contributed by atoms with E-state index < -0.39 is 5.92 Å². The van der Waals surface area contributed by atoms with Crippen molar-refractivity contribution in [3.05, 3.63) is 40.7 Å². The van der Waals surface area contributed by atoms with Gasteiger partial charge in [0.2, 0.25) is 5.78 Å². The third-order valence-corrected chi connectivity index (χ3v) is 4.29. The van der Waals surface area contributed by atoms with Crippen molar-refractivity contribution in [3.63, 3.8) is 0 Å². The standard InChI is InChI=1S/C19H23N5O/c1-11-8-15(22-12(2)21-11)14(10-20)18(25)16-9-17(13-6-7-13)24(23-16)19(3,4)5/h8-9,13-14H,6-7H2,1-5H3. The Morgan fingerprint density at radius 1 is 1.28 bits per heavy atom. The summed E-state index contributed by atoms with van der Waals surface area (Å²) in [5.41, 5.74) is 2.41. The number of carbonyl (C=O) groups excluding carboxylic acids is 1. The topological polar surface area (TPSA) is 84.5 Å². The predicted molar refractivity (Wildman–Crippen MR) is 93.4 cm³/mol. The van der Waals surface area contributed by atoms with Gasteiger partial charge in [0.05, 0.1) is 17.3 Å². The molecule has 0 spiro atoms. The fourth-order valence-electron chi connectivity index (χ4n) is 3.02. The van der Waals surface area contributed by atoms with Crippen LogP contribution in [0.3, 0.4) is 0 Å². The Morgan fingerprint density at radius 2 is 1.96 bits per heavy atom. The van der Waals surface area contributed by atoms with Crippen LogP contribution in [-0.2, 0) is 5.54 Å². The number of rotatable bonds is 4. The van der Waals surface area contributed by atoms with Crippen LogP contribution < -0.4 is 0 Å². The largest absolute Gasteiger partial charge is 0.290 e. The van der Waals surface area contributed by atoms with E-state index in [9.17, 15) is 10.1 Å². The summed E-state index contributed by atoms with van der Waals surface area (Å²) >= 11 is 0. The normalized spacial score (nSPS) is 15.7. The van der Waals surface area contributed by atoms with Crippen molar-refractivity contribution in [1.82, 2.24) is 19.7 Å². The van der Waals surface area contributed by atoms with Gasteiger partial charge in [0.15, 0.2) is 5.92 Å². The van der Waals surface area contributed by atoms with E-state index in [1.165, 1.54) is 0 Å². The molecule has 0 bridgehead atoms. The highest BCUT2D eigenvalue weighted by atomic mass is 16.1. The molecule has 3 rings (SSSR count). The molecule has 0 radical (unpaired) electrons. The number of hydrogen-bond donors (Lipinski definition) is 0. The fourth-order valence-corrected chi connectivity index (χ4v) is 3.02. The van der Waals surface area contributed by atoms with Gasteiger partial charge in [-0.3, -0.25) is 9.48 Å². The molecule has 1 fully saturated rings. The van der Waals surface area contributed by atoms with Crippen LogP contribution in [0.25, 0.3) is 0 Å². The van der Waals surface area contributed by atoms with Crippen LogP contribution in [0.5, 0.6) is 0 Å². The molecule has 1 aliphatic rings. The molecule has 1 aliphatic carbocycles. The Labute approximate surface area is 147 Å². The SMILES string of the molecule is Cc1cc(C(C#N)C(=O)c2cc(C3CC3)n(C(C)(C)C)n2)nc(C)n1. The van der Waals surface area contributed by atoms with Gasteiger partial charge in [-0.05, 0) is 59.6 Å². The lowest BCUT2D eigenvalue weighted by Gasteiger charge is -2.22. The van der Waals surface area contributed by atoms with E-state index in [2.05, 4.69) is 41.9 Å². The highest BCUT2D eigenvalue weighted by Crippen LogP contribution is 2.42. The van der Waals surface area contributed by atoms with Gasteiger partial charge in [-0.2, -0.15) is 10.4 Å². The Kier molecular flexibility index (Phi) is 4.19. The first-order valence-corrected chi connectivity index (χ1v) is 8.57. The molecule has 6 nitrogen and oxygen atoms in total. The summed E-state index contributed by atoms with van der Waals surface area (Å²) in [6, 6.07) is 5.65. The van der Waals surface area contributed by atoms with Crippen molar-refractivity contribution < 1.29 is 4.79 Å². The van der Waals surface area contributed by atoms with Gasteiger partial charge >= 0.3 is 0 Å². The average Bonchev–Trinajstić information content (AvgIpc) is 3.24. The Balaban J connectivity index is 2.00. The molecule has 1 saturated carbocycles. The number of carbonyl (C=O) groups is 1. The van der Waals surface area contributed by atoms with Crippen molar-refractivity contribution in [1.29, 1.82) is 5.26 Å². The number of ketones is 1. The molecular weight excluding hydrogens is 314 g/mol. The lowest BCUT2D eigenvalue weighted by atomic mass is 9.98. The van der Waals surface area contributed by atoms with Gasteiger partial charge in [-0.1, -0.05) is 0 Å². The fraction of sp³-hybridized carbons (Fsp3) is 0.526. The van der Waals surface area contributed by atoms with Gasteiger partial charge in [0, 0.05) is 17.3 Å². The lowest BCUT2D eigenvalue weighted by molar-refractivity contribution is 0.0971. The molecule has 1 atom stereocenters. The van der Waals surface area contributed by atoms with E-state index in [1.807, 2.05) is 17.7 Å².